The summed E-state index contributed by atoms with van der Waals surface area (Å²) in [5, 5.41) is 2.88. The average molecular weight is 408 g/mol. The van der Waals surface area contributed by atoms with Gasteiger partial charge >= 0.3 is 0 Å². The van der Waals surface area contributed by atoms with E-state index in [-0.39, 0.29) is 5.91 Å². The van der Waals surface area contributed by atoms with Crippen LogP contribution in [0.15, 0.2) is 66.9 Å². The molecular weight excluding hydrogens is 384 g/mol. The first kappa shape index (κ1) is 21.1. The molecule has 7 nitrogen and oxygen atoms in total. The highest BCUT2D eigenvalue weighted by Crippen LogP contribution is 2.24. The van der Waals surface area contributed by atoms with Crippen LogP contribution in [-0.2, 0) is 11.3 Å². The fourth-order valence-electron chi connectivity index (χ4n) is 2.65. The summed E-state index contributed by atoms with van der Waals surface area (Å²) in [6, 6.07) is 18.0. The predicted octanol–water partition coefficient (Wildman–Crippen LogP) is 3.84. The Morgan fingerprint density at radius 3 is 2.57 bits per heavy atom. The zero-order valence-corrected chi connectivity index (χ0v) is 17.0. The van der Waals surface area contributed by atoms with Crippen LogP contribution >= 0.6 is 0 Å². The van der Waals surface area contributed by atoms with Crippen molar-refractivity contribution in [2.75, 3.05) is 27.4 Å². The molecule has 1 aromatic heterocycles. The molecular formula is C23H24N2O5. The van der Waals surface area contributed by atoms with Crippen LogP contribution in [0.3, 0.4) is 0 Å². The number of nitrogens with one attached hydrogen (secondary N) is 1. The van der Waals surface area contributed by atoms with Gasteiger partial charge in [-0.25, -0.2) is 4.98 Å². The van der Waals surface area contributed by atoms with E-state index >= 15 is 0 Å². The quantitative estimate of drug-likeness (QED) is 0.514. The summed E-state index contributed by atoms with van der Waals surface area (Å²) in [4.78, 5) is 16.9. The Balaban J connectivity index is 1.56. The molecule has 0 fully saturated rings. The second-order valence-corrected chi connectivity index (χ2v) is 6.31. The first-order valence-electron chi connectivity index (χ1n) is 9.45. The molecule has 0 radical (unpaired) electrons. The normalized spacial score (nSPS) is 10.3. The average Bonchev–Trinajstić information content (AvgIpc) is 2.79. The van der Waals surface area contributed by atoms with Gasteiger partial charge in [-0.15, -0.1) is 0 Å². The SMILES string of the molecule is COCCOc1ccccc1C(=O)NCc1ccc(Oc2cccc(OC)c2)nc1. The summed E-state index contributed by atoms with van der Waals surface area (Å²) < 4.78 is 21.5. The van der Waals surface area contributed by atoms with Crippen molar-refractivity contribution in [2.24, 2.45) is 0 Å². The van der Waals surface area contributed by atoms with Gasteiger partial charge in [0.15, 0.2) is 0 Å². The number of benzene rings is 2. The lowest BCUT2D eigenvalue weighted by molar-refractivity contribution is 0.0943. The number of aromatic nitrogens is 1. The molecule has 7 heteroatoms. The Kier molecular flexibility index (Phi) is 7.63. The number of ether oxygens (including phenoxy) is 4. The van der Waals surface area contributed by atoms with E-state index in [0.29, 0.717) is 48.5 Å². The van der Waals surface area contributed by atoms with Gasteiger partial charge in [0, 0.05) is 32.0 Å². The van der Waals surface area contributed by atoms with E-state index in [1.54, 1.807) is 50.7 Å². The van der Waals surface area contributed by atoms with Gasteiger partial charge in [0.05, 0.1) is 19.3 Å². The van der Waals surface area contributed by atoms with Crippen molar-refractivity contribution in [2.45, 2.75) is 6.54 Å². The van der Waals surface area contributed by atoms with Gasteiger partial charge in [-0.1, -0.05) is 24.3 Å². The molecule has 0 aliphatic heterocycles. The fraction of sp³-hybridized carbons (Fsp3) is 0.217. The smallest absolute Gasteiger partial charge is 0.255 e. The van der Waals surface area contributed by atoms with Gasteiger partial charge in [0.2, 0.25) is 5.88 Å². The first-order chi connectivity index (χ1) is 14.7. The molecule has 0 aliphatic carbocycles. The standard InChI is InChI=1S/C23H24N2O5/c1-27-12-13-29-21-9-4-3-8-20(21)23(26)25-16-17-10-11-22(24-15-17)30-19-7-5-6-18(14-19)28-2/h3-11,14-15H,12-13,16H2,1-2H3,(H,25,26). The molecule has 156 valence electrons. The van der Waals surface area contributed by atoms with E-state index in [9.17, 15) is 4.79 Å². The minimum Gasteiger partial charge on any atom is -0.497 e. The van der Waals surface area contributed by atoms with Gasteiger partial charge in [0.25, 0.3) is 5.91 Å². The molecule has 0 unspecified atom stereocenters. The Labute approximate surface area is 175 Å². The molecule has 2 aromatic carbocycles. The van der Waals surface area contributed by atoms with Crippen molar-refractivity contribution in [1.29, 1.82) is 0 Å². The van der Waals surface area contributed by atoms with Crippen molar-refractivity contribution in [3.05, 3.63) is 78.0 Å². The van der Waals surface area contributed by atoms with Gasteiger partial charge in [-0.3, -0.25) is 4.79 Å². The predicted molar refractivity (Wildman–Crippen MR) is 112 cm³/mol. The van der Waals surface area contributed by atoms with E-state index < -0.39 is 0 Å². The molecule has 0 saturated carbocycles. The number of carbonyl (C=O) groups excluding carboxylic acids is 1. The number of methoxy groups -OCH3 is 2. The second kappa shape index (κ2) is 10.8. The van der Waals surface area contributed by atoms with Crippen molar-refractivity contribution in [3.8, 4) is 23.1 Å². The molecule has 3 rings (SSSR count). The zero-order chi connectivity index (χ0) is 21.2. The van der Waals surface area contributed by atoms with Crippen molar-refractivity contribution < 1.29 is 23.7 Å². The van der Waals surface area contributed by atoms with E-state index in [0.717, 1.165) is 5.56 Å². The van der Waals surface area contributed by atoms with Gasteiger partial charge in [-0.05, 0) is 29.8 Å². The third kappa shape index (κ3) is 5.96. The Bertz CT molecular complexity index is 960. The largest absolute Gasteiger partial charge is 0.497 e. The molecule has 0 atom stereocenters. The van der Waals surface area contributed by atoms with Crippen LogP contribution in [0.25, 0.3) is 0 Å². The summed E-state index contributed by atoms with van der Waals surface area (Å²) in [6.07, 6.45) is 1.66. The topological polar surface area (TPSA) is 78.9 Å². The molecule has 1 amide bonds. The summed E-state index contributed by atoms with van der Waals surface area (Å²) in [5.41, 5.74) is 1.32. The summed E-state index contributed by atoms with van der Waals surface area (Å²) >= 11 is 0. The number of rotatable bonds is 10. The maximum absolute atomic E-state index is 12.6. The lowest BCUT2D eigenvalue weighted by Gasteiger charge is -2.11. The van der Waals surface area contributed by atoms with Crippen LogP contribution < -0.4 is 19.5 Å². The van der Waals surface area contributed by atoms with Crippen LogP contribution in [-0.4, -0.2) is 38.3 Å². The Hall–Kier alpha value is -3.58. The molecule has 3 aromatic rings. The van der Waals surface area contributed by atoms with Crippen molar-refractivity contribution >= 4 is 5.91 Å². The van der Waals surface area contributed by atoms with E-state index in [1.807, 2.05) is 30.3 Å². The van der Waals surface area contributed by atoms with Crippen LogP contribution in [0.4, 0.5) is 0 Å². The Morgan fingerprint density at radius 2 is 1.80 bits per heavy atom. The first-order valence-corrected chi connectivity index (χ1v) is 9.45. The molecule has 0 spiro atoms. The number of hydrogen-bond donors (Lipinski definition) is 1. The zero-order valence-electron chi connectivity index (χ0n) is 17.0. The summed E-state index contributed by atoms with van der Waals surface area (Å²) in [7, 11) is 3.20. The van der Waals surface area contributed by atoms with Crippen LogP contribution in [0.1, 0.15) is 15.9 Å². The monoisotopic (exact) mass is 408 g/mol. The van der Waals surface area contributed by atoms with Crippen molar-refractivity contribution in [3.63, 3.8) is 0 Å². The van der Waals surface area contributed by atoms with Gasteiger partial charge in [0.1, 0.15) is 23.9 Å². The minimum atomic E-state index is -0.222. The van der Waals surface area contributed by atoms with Crippen LogP contribution in [0, 0.1) is 0 Å². The molecule has 0 aliphatic rings. The highest BCUT2D eigenvalue weighted by molar-refractivity contribution is 5.96. The fourth-order valence-corrected chi connectivity index (χ4v) is 2.65. The lowest BCUT2D eigenvalue weighted by atomic mass is 10.2. The maximum Gasteiger partial charge on any atom is 0.255 e. The number of pyridine rings is 1. The summed E-state index contributed by atoms with van der Waals surface area (Å²) in [5.74, 6) is 2.09. The highest BCUT2D eigenvalue weighted by atomic mass is 16.5. The van der Waals surface area contributed by atoms with Gasteiger partial charge in [-0.2, -0.15) is 0 Å². The molecule has 0 saturated heterocycles. The highest BCUT2D eigenvalue weighted by Gasteiger charge is 2.12. The Morgan fingerprint density at radius 1 is 0.967 bits per heavy atom. The molecule has 0 bridgehead atoms. The maximum atomic E-state index is 12.6. The molecule has 1 N–H and O–H groups in total. The number of amides is 1. The van der Waals surface area contributed by atoms with Crippen molar-refractivity contribution in [1.82, 2.24) is 10.3 Å². The van der Waals surface area contributed by atoms with E-state index in [2.05, 4.69) is 10.3 Å². The van der Waals surface area contributed by atoms with E-state index in [1.165, 1.54) is 0 Å². The van der Waals surface area contributed by atoms with Crippen LogP contribution in [0.5, 0.6) is 23.1 Å². The number of nitrogens with zero attached hydrogens (tertiary/aromatic N) is 1. The number of para-hydroxylation sites is 1. The lowest BCUT2D eigenvalue weighted by Crippen LogP contribution is -2.23. The summed E-state index contributed by atoms with van der Waals surface area (Å²) in [6.45, 7) is 1.16. The number of carbonyl (C=O) groups is 1. The third-order valence-electron chi connectivity index (χ3n) is 4.19. The van der Waals surface area contributed by atoms with Gasteiger partial charge < -0.3 is 24.3 Å². The molecule has 1 heterocycles. The number of hydrogen-bond acceptors (Lipinski definition) is 6. The minimum absolute atomic E-state index is 0.222. The molecule has 30 heavy (non-hydrogen) atoms. The van der Waals surface area contributed by atoms with E-state index in [4.69, 9.17) is 18.9 Å². The third-order valence-corrected chi connectivity index (χ3v) is 4.19. The second-order valence-electron chi connectivity index (χ2n) is 6.31. The van der Waals surface area contributed by atoms with Crippen LogP contribution in [0.2, 0.25) is 0 Å².